The predicted molar refractivity (Wildman–Crippen MR) is 62.7 cm³/mol. The lowest BCUT2D eigenvalue weighted by Crippen LogP contribution is -2.00. The van der Waals surface area contributed by atoms with Crippen LogP contribution in [-0.2, 0) is 7.05 Å². The molecule has 0 aliphatic heterocycles. The number of rotatable bonds is 1. The fraction of sp³-hybridized carbons (Fsp3) is 0.200. The highest BCUT2D eigenvalue weighted by atomic mass is 35.5. The van der Waals surface area contributed by atoms with E-state index < -0.39 is 0 Å². The summed E-state index contributed by atoms with van der Waals surface area (Å²) < 4.78 is 3.73. The van der Waals surface area contributed by atoms with Crippen molar-refractivity contribution in [2.75, 3.05) is 0 Å². The van der Waals surface area contributed by atoms with E-state index in [0.717, 1.165) is 11.5 Å². The molecule has 3 aromatic rings. The fourth-order valence-corrected chi connectivity index (χ4v) is 2.01. The van der Waals surface area contributed by atoms with Crippen molar-refractivity contribution in [1.82, 2.24) is 29.1 Å². The molecular weight excluding hydrogens is 240 g/mol. The highest BCUT2D eigenvalue weighted by Crippen LogP contribution is 2.19. The Morgan fingerprint density at radius 1 is 1.29 bits per heavy atom. The normalized spacial score (nSPS) is 11.2. The van der Waals surface area contributed by atoms with Crippen molar-refractivity contribution in [3.63, 3.8) is 0 Å². The molecule has 7 heteroatoms. The van der Waals surface area contributed by atoms with Crippen LogP contribution in [0.1, 0.15) is 5.82 Å². The van der Waals surface area contributed by atoms with Crippen LogP contribution in [0.15, 0.2) is 18.6 Å². The molecule has 0 radical (unpaired) electrons. The Labute approximate surface area is 102 Å². The second-order valence-electron chi connectivity index (χ2n) is 3.73. The van der Waals surface area contributed by atoms with Crippen LogP contribution in [0.2, 0.25) is 5.15 Å². The lowest BCUT2D eigenvalue weighted by atomic mass is 10.4. The first-order valence-electron chi connectivity index (χ1n) is 5.02. The first-order chi connectivity index (χ1) is 8.16. The topological polar surface area (TPSA) is 60.9 Å². The van der Waals surface area contributed by atoms with E-state index in [9.17, 15) is 0 Å². The zero-order valence-electron chi connectivity index (χ0n) is 9.29. The van der Waals surface area contributed by atoms with Gasteiger partial charge in [0.25, 0.3) is 0 Å². The Kier molecular flexibility index (Phi) is 2.12. The van der Waals surface area contributed by atoms with Crippen LogP contribution in [0.3, 0.4) is 0 Å². The van der Waals surface area contributed by atoms with Crippen molar-refractivity contribution in [2.45, 2.75) is 6.92 Å². The van der Waals surface area contributed by atoms with E-state index in [0.29, 0.717) is 16.6 Å². The average Bonchev–Trinajstić information content (AvgIpc) is 2.83. The maximum absolute atomic E-state index is 5.88. The Hall–Kier alpha value is -1.95. The third-order valence-corrected chi connectivity index (χ3v) is 2.77. The predicted octanol–water partition coefficient (Wildman–Crippen LogP) is 1.49. The monoisotopic (exact) mass is 248 g/mol. The van der Waals surface area contributed by atoms with Gasteiger partial charge in [0.1, 0.15) is 16.7 Å². The second kappa shape index (κ2) is 3.53. The molecule has 17 heavy (non-hydrogen) atoms. The van der Waals surface area contributed by atoms with Gasteiger partial charge in [-0.15, -0.1) is 10.2 Å². The van der Waals surface area contributed by atoms with Gasteiger partial charge in [-0.2, -0.15) is 0 Å². The van der Waals surface area contributed by atoms with E-state index in [4.69, 9.17) is 11.6 Å². The van der Waals surface area contributed by atoms with Crippen molar-refractivity contribution in [3.8, 4) is 11.5 Å². The smallest absolute Gasteiger partial charge is 0.188 e. The molecule has 3 heterocycles. The van der Waals surface area contributed by atoms with Gasteiger partial charge in [-0.3, -0.25) is 4.40 Å². The molecule has 0 aliphatic carbocycles. The standard InChI is InChI=1S/C10H9ClN6/c1-6-13-8(11)3-9-14-15-10(17(6)9)7-4-12-5-16(7)2/h3-5H,1-2H3. The molecule has 0 aromatic carbocycles. The van der Waals surface area contributed by atoms with Crippen LogP contribution < -0.4 is 0 Å². The molecule has 0 amide bonds. The van der Waals surface area contributed by atoms with Crippen LogP contribution in [0, 0.1) is 6.92 Å². The number of imidazole rings is 1. The number of hydrogen-bond acceptors (Lipinski definition) is 4. The molecular formula is C10H9ClN6. The van der Waals surface area contributed by atoms with Gasteiger partial charge in [-0.1, -0.05) is 11.6 Å². The fourth-order valence-electron chi connectivity index (χ4n) is 1.79. The number of fused-ring (bicyclic) bond motifs is 1. The minimum absolute atomic E-state index is 0.416. The van der Waals surface area contributed by atoms with Crippen molar-refractivity contribution in [1.29, 1.82) is 0 Å². The number of halogens is 1. The summed E-state index contributed by atoms with van der Waals surface area (Å²) in [6.45, 7) is 1.86. The summed E-state index contributed by atoms with van der Waals surface area (Å²) in [4.78, 5) is 8.26. The molecule has 6 nitrogen and oxygen atoms in total. The van der Waals surface area contributed by atoms with Gasteiger partial charge in [0.15, 0.2) is 11.5 Å². The highest BCUT2D eigenvalue weighted by molar-refractivity contribution is 6.29. The molecule has 0 saturated carbocycles. The largest absolute Gasteiger partial charge is 0.331 e. The molecule has 0 fully saturated rings. The summed E-state index contributed by atoms with van der Waals surface area (Å²) in [5.41, 5.74) is 1.56. The lowest BCUT2D eigenvalue weighted by Gasteiger charge is -2.03. The maximum Gasteiger partial charge on any atom is 0.188 e. The van der Waals surface area contributed by atoms with Crippen molar-refractivity contribution in [2.24, 2.45) is 7.05 Å². The number of hydrogen-bond donors (Lipinski definition) is 0. The minimum Gasteiger partial charge on any atom is -0.331 e. The van der Waals surface area contributed by atoms with Crippen LogP contribution in [0.25, 0.3) is 17.2 Å². The van der Waals surface area contributed by atoms with Crippen LogP contribution >= 0.6 is 11.6 Å². The van der Waals surface area contributed by atoms with Crippen molar-refractivity contribution >= 4 is 17.2 Å². The van der Waals surface area contributed by atoms with Crippen LogP contribution in [0.5, 0.6) is 0 Å². The van der Waals surface area contributed by atoms with Gasteiger partial charge >= 0.3 is 0 Å². The van der Waals surface area contributed by atoms with Gasteiger partial charge < -0.3 is 4.57 Å². The molecule has 0 atom stereocenters. The van der Waals surface area contributed by atoms with E-state index in [-0.39, 0.29) is 0 Å². The molecule has 3 rings (SSSR count). The van der Waals surface area contributed by atoms with Gasteiger partial charge in [-0.25, -0.2) is 9.97 Å². The molecule has 0 saturated heterocycles. The van der Waals surface area contributed by atoms with E-state index >= 15 is 0 Å². The Morgan fingerprint density at radius 3 is 2.82 bits per heavy atom. The zero-order chi connectivity index (χ0) is 12.0. The second-order valence-corrected chi connectivity index (χ2v) is 4.12. The Bertz CT molecular complexity index is 698. The highest BCUT2D eigenvalue weighted by Gasteiger charge is 2.13. The van der Waals surface area contributed by atoms with E-state index in [1.807, 2.05) is 22.9 Å². The van der Waals surface area contributed by atoms with Gasteiger partial charge in [0.2, 0.25) is 0 Å². The summed E-state index contributed by atoms with van der Waals surface area (Å²) in [5, 5.41) is 8.65. The van der Waals surface area contributed by atoms with Crippen LogP contribution in [-0.4, -0.2) is 29.1 Å². The van der Waals surface area contributed by atoms with E-state index in [1.165, 1.54) is 0 Å². The molecule has 0 unspecified atom stereocenters. The molecule has 0 bridgehead atoms. The summed E-state index contributed by atoms with van der Waals surface area (Å²) >= 11 is 5.88. The SMILES string of the molecule is Cc1nc(Cl)cc2nnc(-c3cncn3C)n12. The van der Waals surface area contributed by atoms with Crippen molar-refractivity contribution < 1.29 is 0 Å². The van der Waals surface area contributed by atoms with E-state index in [2.05, 4.69) is 20.2 Å². The quantitative estimate of drug-likeness (QED) is 0.612. The lowest BCUT2D eigenvalue weighted by molar-refractivity contribution is 0.895. The molecule has 0 spiro atoms. The Balaban J connectivity index is 2.36. The minimum atomic E-state index is 0.416. The first-order valence-corrected chi connectivity index (χ1v) is 5.39. The summed E-state index contributed by atoms with van der Waals surface area (Å²) in [7, 11) is 1.90. The molecule has 0 aliphatic rings. The van der Waals surface area contributed by atoms with Gasteiger partial charge in [0.05, 0.1) is 12.5 Å². The van der Waals surface area contributed by atoms with E-state index in [1.54, 1.807) is 18.6 Å². The van der Waals surface area contributed by atoms with Gasteiger partial charge in [0, 0.05) is 13.1 Å². The summed E-state index contributed by atoms with van der Waals surface area (Å²) in [6.07, 6.45) is 3.46. The summed E-state index contributed by atoms with van der Waals surface area (Å²) in [5.74, 6) is 1.45. The Morgan fingerprint density at radius 2 is 2.12 bits per heavy atom. The number of aryl methyl sites for hydroxylation is 2. The third-order valence-electron chi connectivity index (χ3n) is 2.57. The molecule has 86 valence electrons. The molecule has 3 aromatic heterocycles. The maximum atomic E-state index is 5.88. The van der Waals surface area contributed by atoms with Crippen molar-refractivity contribution in [3.05, 3.63) is 29.6 Å². The molecule has 0 N–H and O–H groups in total. The zero-order valence-corrected chi connectivity index (χ0v) is 10.0. The van der Waals surface area contributed by atoms with Gasteiger partial charge in [-0.05, 0) is 6.92 Å². The average molecular weight is 249 g/mol. The number of aromatic nitrogens is 6. The first kappa shape index (κ1) is 10.2. The third kappa shape index (κ3) is 1.49. The van der Waals surface area contributed by atoms with Crippen LogP contribution in [0.4, 0.5) is 0 Å². The number of nitrogens with zero attached hydrogens (tertiary/aromatic N) is 6. The summed E-state index contributed by atoms with van der Waals surface area (Å²) in [6, 6.07) is 1.68.